The van der Waals surface area contributed by atoms with E-state index < -0.39 is 9.84 Å². The van der Waals surface area contributed by atoms with Crippen LogP contribution < -0.4 is 15.0 Å². The summed E-state index contributed by atoms with van der Waals surface area (Å²) in [4.78, 5) is 18.4. The third-order valence-corrected chi connectivity index (χ3v) is 4.83. The zero-order valence-corrected chi connectivity index (χ0v) is 16.5. The largest absolute Gasteiger partial charge is 0.491 e. The number of aromatic nitrogens is 2. The number of hydrogen-bond donors (Lipinski definition) is 1. The lowest BCUT2D eigenvalue weighted by molar-refractivity contribution is 0.241. The van der Waals surface area contributed by atoms with Crippen LogP contribution in [0.2, 0.25) is 0 Å². The third-order valence-electron chi connectivity index (χ3n) is 3.70. The summed E-state index contributed by atoms with van der Waals surface area (Å²) in [5.74, 6) is 1.52. The van der Waals surface area contributed by atoms with Crippen molar-refractivity contribution in [2.24, 2.45) is 0 Å². The van der Waals surface area contributed by atoms with Crippen molar-refractivity contribution in [3.8, 4) is 28.5 Å². The van der Waals surface area contributed by atoms with Gasteiger partial charge in [0, 0.05) is 17.9 Å². The SMILES string of the molecule is CC(C)Oc1cc(Oc2ccc(S(C)(=O)=O)cc2)cc(-c2cncc(=O)[nH]2)c1. The molecule has 1 heterocycles. The molecule has 28 heavy (non-hydrogen) atoms. The highest BCUT2D eigenvalue weighted by Gasteiger charge is 2.10. The van der Waals surface area contributed by atoms with E-state index in [1.807, 2.05) is 13.8 Å². The molecule has 0 bridgehead atoms. The van der Waals surface area contributed by atoms with Gasteiger partial charge in [0.25, 0.3) is 5.56 Å². The van der Waals surface area contributed by atoms with Crippen molar-refractivity contribution >= 4 is 9.84 Å². The maximum Gasteiger partial charge on any atom is 0.266 e. The first-order valence-corrected chi connectivity index (χ1v) is 10.4. The van der Waals surface area contributed by atoms with E-state index in [4.69, 9.17) is 9.47 Å². The van der Waals surface area contributed by atoms with Gasteiger partial charge in [0.05, 0.1) is 29.1 Å². The van der Waals surface area contributed by atoms with Gasteiger partial charge in [-0.05, 0) is 50.2 Å². The molecule has 0 fully saturated rings. The minimum Gasteiger partial charge on any atom is -0.491 e. The monoisotopic (exact) mass is 400 g/mol. The zero-order chi connectivity index (χ0) is 20.3. The summed E-state index contributed by atoms with van der Waals surface area (Å²) in [7, 11) is -3.28. The van der Waals surface area contributed by atoms with Gasteiger partial charge in [0.15, 0.2) is 9.84 Å². The molecule has 8 heteroatoms. The van der Waals surface area contributed by atoms with Crippen molar-refractivity contribution in [2.75, 3.05) is 6.26 Å². The summed E-state index contributed by atoms with van der Waals surface area (Å²) in [6, 6.07) is 11.4. The second kappa shape index (κ2) is 7.85. The molecule has 1 aromatic heterocycles. The van der Waals surface area contributed by atoms with Gasteiger partial charge < -0.3 is 14.5 Å². The molecule has 0 saturated heterocycles. The lowest BCUT2D eigenvalue weighted by Gasteiger charge is -2.14. The van der Waals surface area contributed by atoms with E-state index in [-0.39, 0.29) is 16.6 Å². The topological polar surface area (TPSA) is 98.3 Å². The molecule has 7 nitrogen and oxygen atoms in total. The minimum atomic E-state index is -3.28. The normalized spacial score (nSPS) is 11.4. The van der Waals surface area contributed by atoms with E-state index in [1.54, 1.807) is 36.5 Å². The summed E-state index contributed by atoms with van der Waals surface area (Å²) in [6.45, 7) is 3.81. The molecule has 0 atom stereocenters. The van der Waals surface area contributed by atoms with Crippen LogP contribution in [0, 0.1) is 0 Å². The van der Waals surface area contributed by atoms with Crippen LogP contribution in [-0.4, -0.2) is 30.7 Å². The van der Waals surface area contributed by atoms with Gasteiger partial charge in [0.1, 0.15) is 17.2 Å². The third kappa shape index (κ3) is 4.98. The molecule has 0 unspecified atom stereocenters. The van der Waals surface area contributed by atoms with Crippen LogP contribution in [-0.2, 0) is 9.84 Å². The first-order chi connectivity index (χ1) is 13.2. The Hall–Kier alpha value is -3.13. The Kier molecular flexibility index (Phi) is 5.51. The van der Waals surface area contributed by atoms with Crippen LogP contribution in [0.1, 0.15) is 13.8 Å². The standard InChI is InChI=1S/C20H20N2O5S/c1-13(2)26-16-8-14(19-11-21-12-20(23)22-19)9-17(10-16)27-15-4-6-18(7-5-15)28(3,24)25/h4-13H,1-3H3,(H,22,23). The summed E-state index contributed by atoms with van der Waals surface area (Å²) in [5.41, 5.74) is 0.886. The maximum absolute atomic E-state index is 11.6. The van der Waals surface area contributed by atoms with Crippen LogP contribution in [0.4, 0.5) is 0 Å². The molecule has 0 aliphatic heterocycles. The van der Waals surface area contributed by atoms with Gasteiger partial charge in [-0.3, -0.25) is 9.78 Å². The van der Waals surface area contributed by atoms with Crippen molar-refractivity contribution < 1.29 is 17.9 Å². The number of nitrogens with zero attached hydrogens (tertiary/aromatic N) is 1. The van der Waals surface area contributed by atoms with Crippen molar-refractivity contribution in [3.05, 3.63) is 65.2 Å². The van der Waals surface area contributed by atoms with Gasteiger partial charge >= 0.3 is 0 Å². The number of sulfone groups is 1. The predicted octanol–water partition coefficient (Wildman–Crippen LogP) is 3.42. The molecule has 3 rings (SSSR count). The van der Waals surface area contributed by atoms with Crippen molar-refractivity contribution in [2.45, 2.75) is 24.8 Å². The number of rotatable bonds is 6. The van der Waals surface area contributed by atoms with Crippen LogP contribution in [0.5, 0.6) is 17.2 Å². The lowest BCUT2D eigenvalue weighted by atomic mass is 10.1. The average molecular weight is 400 g/mol. The van der Waals surface area contributed by atoms with Gasteiger partial charge in [-0.25, -0.2) is 8.42 Å². The predicted molar refractivity (Wildman–Crippen MR) is 106 cm³/mol. The fourth-order valence-electron chi connectivity index (χ4n) is 2.54. The Morgan fingerprint density at radius 2 is 1.64 bits per heavy atom. The Labute approximate surface area is 162 Å². The molecule has 0 spiro atoms. The highest BCUT2D eigenvalue weighted by Crippen LogP contribution is 2.32. The van der Waals surface area contributed by atoms with Crippen molar-refractivity contribution in [3.63, 3.8) is 0 Å². The number of aromatic amines is 1. The molecule has 146 valence electrons. The first kappa shape index (κ1) is 19.6. The fourth-order valence-corrected chi connectivity index (χ4v) is 3.17. The molecule has 3 aromatic rings. The molecule has 2 aromatic carbocycles. The fraction of sp³-hybridized carbons (Fsp3) is 0.200. The quantitative estimate of drug-likeness (QED) is 0.681. The smallest absolute Gasteiger partial charge is 0.266 e. The van der Waals surface area contributed by atoms with E-state index >= 15 is 0 Å². The zero-order valence-electron chi connectivity index (χ0n) is 15.7. The number of H-pyrrole nitrogens is 1. The van der Waals surface area contributed by atoms with Crippen LogP contribution in [0.15, 0.2) is 64.5 Å². The molecule has 0 aliphatic carbocycles. The van der Waals surface area contributed by atoms with E-state index in [0.29, 0.717) is 28.5 Å². The molecule has 0 saturated carbocycles. The molecule has 0 radical (unpaired) electrons. The first-order valence-electron chi connectivity index (χ1n) is 8.55. The van der Waals surface area contributed by atoms with E-state index in [1.165, 1.54) is 18.3 Å². The van der Waals surface area contributed by atoms with Crippen molar-refractivity contribution in [1.29, 1.82) is 0 Å². The van der Waals surface area contributed by atoms with Crippen LogP contribution >= 0.6 is 0 Å². The second-order valence-corrected chi connectivity index (χ2v) is 8.53. The van der Waals surface area contributed by atoms with Crippen LogP contribution in [0.25, 0.3) is 11.3 Å². The highest BCUT2D eigenvalue weighted by molar-refractivity contribution is 7.90. The molecule has 0 aliphatic rings. The molecular weight excluding hydrogens is 380 g/mol. The molecular formula is C20H20N2O5S. The summed E-state index contributed by atoms with van der Waals surface area (Å²) < 4.78 is 34.8. The lowest BCUT2D eigenvalue weighted by Crippen LogP contribution is -2.07. The summed E-state index contributed by atoms with van der Waals surface area (Å²) in [5, 5.41) is 0. The van der Waals surface area contributed by atoms with Crippen LogP contribution in [0.3, 0.4) is 0 Å². The van der Waals surface area contributed by atoms with E-state index in [9.17, 15) is 13.2 Å². The van der Waals surface area contributed by atoms with Gasteiger partial charge in [-0.1, -0.05) is 0 Å². The maximum atomic E-state index is 11.6. The Balaban J connectivity index is 1.97. The Morgan fingerprint density at radius 3 is 2.25 bits per heavy atom. The summed E-state index contributed by atoms with van der Waals surface area (Å²) in [6.07, 6.45) is 3.83. The number of benzene rings is 2. The van der Waals surface area contributed by atoms with Crippen molar-refractivity contribution in [1.82, 2.24) is 9.97 Å². The Bertz CT molecular complexity index is 1140. The Morgan fingerprint density at radius 1 is 0.964 bits per heavy atom. The number of ether oxygens (including phenoxy) is 2. The van der Waals surface area contributed by atoms with E-state index in [2.05, 4.69) is 9.97 Å². The molecule has 0 amide bonds. The minimum absolute atomic E-state index is 0.0508. The number of hydrogen-bond acceptors (Lipinski definition) is 6. The number of nitrogens with one attached hydrogen (secondary N) is 1. The summed E-state index contributed by atoms with van der Waals surface area (Å²) >= 11 is 0. The van der Waals surface area contributed by atoms with Gasteiger partial charge in [-0.2, -0.15) is 0 Å². The van der Waals surface area contributed by atoms with Gasteiger partial charge in [0.2, 0.25) is 0 Å². The second-order valence-electron chi connectivity index (χ2n) is 6.52. The highest BCUT2D eigenvalue weighted by atomic mass is 32.2. The van der Waals surface area contributed by atoms with Gasteiger partial charge in [-0.15, -0.1) is 0 Å². The average Bonchev–Trinajstić information content (AvgIpc) is 2.60. The molecule has 1 N–H and O–H groups in total. The van der Waals surface area contributed by atoms with E-state index in [0.717, 1.165) is 6.26 Å².